The smallest absolute Gasteiger partial charge is 0.252 e. The molecule has 6 saturated carbocycles. The van der Waals surface area contributed by atoms with E-state index in [0.29, 0.717) is 35.8 Å². The van der Waals surface area contributed by atoms with Crippen LogP contribution in [-0.4, -0.2) is 27.9 Å². The van der Waals surface area contributed by atoms with E-state index < -0.39 is 0 Å². The van der Waals surface area contributed by atoms with Gasteiger partial charge in [0.2, 0.25) is 0 Å². The average molecular weight is 1210 g/mol. The summed E-state index contributed by atoms with van der Waals surface area (Å²) in [6.45, 7) is -0.0191. The first-order chi connectivity index (χ1) is 46.1. The van der Waals surface area contributed by atoms with Crippen LogP contribution in [0.1, 0.15) is 206 Å². The molecule has 0 spiro atoms. The van der Waals surface area contributed by atoms with Gasteiger partial charge in [-0.3, -0.25) is 0 Å². The van der Waals surface area contributed by atoms with Crippen molar-refractivity contribution >= 4 is 107 Å². The van der Waals surface area contributed by atoms with Gasteiger partial charge in [-0.15, -0.1) is 0 Å². The van der Waals surface area contributed by atoms with Crippen LogP contribution in [-0.2, 0) is 0 Å². The van der Waals surface area contributed by atoms with Gasteiger partial charge in [0.15, 0.2) is 0 Å². The Labute approximate surface area is 550 Å². The lowest BCUT2D eigenvalue weighted by molar-refractivity contribution is 0.0900. The second-order valence-corrected chi connectivity index (χ2v) is 30.8. The van der Waals surface area contributed by atoms with E-state index in [1.807, 2.05) is 0 Å². The molecule has 0 atom stereocenters. The minimum absolute atomic E-state index is 0.0191. The fourth-order valence-corrected chi connectivity index (χ4v) is 21.9. The Kier molecular flexibility index (Phi) is 13.3. The summed E-state index contributed by atoms with van der Waals surface area (Å²) in [5, 5.41) is 5.25. The number of aromatic nitrogens is 2. The van der Waals surface area contributed by atoms with E-state index in [1.54, 1.807) is 22.3 Å². The highest BCUT2D eigenvalue weighted by Crippen LogP contribution is 2.57. The summed E-state index contributed by atoms with van der Waals surface area (Å²) in [6.07, 6.45) is 32.7. The van der Waals surface area contributed by atoms with Crippen LogP contribution in [0.3, 0.4) is 0 Å². The first-order valence-corrected chi connectivity index (χ1v) is 37.2. The van der Waals surface area contributed by atoms with Crippen LogP contribution in [0.5, 0.6) is 0 Å². The maximum atomic E-state index is 3.02. The summed E-state index contributed by atoms with van der Waals surface area (Å²) in [4.78, 5) is 8.99. The second-order valence-electron chi connectivity index (χ2n) is 30.8. The fourth-order valence-electron chi connectivity index (χ4n) is 21.9. The number of rotatable bonds is 9. The normalized spacial score (nSPS) is 22.6. The van der Waals surface area contributed by atoms with Gasteiger partial charge in [-0.25, -0.2) is 0 Å². The molecule has 4 bridgehead atoms. The quantitative estimate of drug-likeness (QED) is 0.134. The zero-order valence-electron chi connectivity index (χ0n) is 54.4. The van der Waals surface area contributed by atoms with Crippen LogP contribution < -0.4 is 31.1 Å². The summed E-state index contributed by atoms with van der Waals surface area (Å²) in [5.41, 5.74) is 28.3. The Hall–Kier alpha value is -7.96. The molecule has 6 aliphatic carbocycles. The molecule has 464 valence electrons. The standard InChI is InChI=1S/C87H88BN5/c1-5-23-58(24-6-1)67-35-21-36-68(59-25-7-2-8-26-59)86(67)92-81-52-62(89-64-48-56-47-57(50-64)51-65(89)49-56)43-45-75(81)88-76-46-44-63(90-77-39-17-13-31-71(77)72-32-14-18-40-78(72)90)53-82(76)93(87-69(60-27-9-3-10-28-60)37-22-38-70(87)61-29-11-4-12-30-61)84-55-66(54-83(92)85(84)88)91-79-41-19-15-33-73(79)74-34-16-20-42-80(74)91/h13-22,31-46,52-61,64-65H,1-12,23-30,47-51H2. The highest BCUT2D eigenvalue weighted by molar-refractivity contribution is 7.00. The molecule has 0 N–H and O–H groups in total. The lowest BCUT2D eigenvalue weighted by Crippen LogP contribution is -2.62. The highest BCUT2D eigenvalue weighted by atomic mass is 15.2. The number of benzene rings is 9. The molecule has 2 saturated heterocycles. The van der Waals surface area contributed by atoms with E-state index in [1.165, 1.54) is 272 Å². The van der Waals surface area contributed by atoms with Crippen LogP contribution >= 0.6 is 0 Å². The van der Waals surface area contributed by atoms with Crippen LogP contribution in [0, 0.1) is 11.8 Å². The molecule has 2 aromatic heterocycles. The van der Waals surface area contributed by atoms with Gasteiger partial charge in [0.05, 0.1) is 39.1 Å². The van der Waals surface area contributed by atoms with Crippen molar-refractivity contribution in [3.8, 4) is 11.4 Å². The number of fused-ring (bicyclic) bond motifs is 10. The van der Waals surface area contributed by atoms with Crippen molar-refractivity contribution in [3.63, 3.8) is 0 Å². The molecule has 11 aromatic rings. The van der Waals surface area contributed by atoms with Crippen LogP contribution in [0.4, 0.5) is 39.8 Å². The Morgan fingerprint density at radius 2 is 0.624 bits per heavy atom. The Morgan fingerprint density at radius 3 is 1.01 bits per heavy atom. The van der Waals surface area contributed by atoms with Gasteiger partial charge < -0.3 is 23.8 Å². The van der Waals surface area contributed by atoms with Crippen molar-refractivity contribution < 1.29 is 0 Å². The van der Waals surface area contributed by atoms with E-state index in [0.717, 1.165) is 11.8 Å². The predicted octanol–water partition coefficient (Wildman–Crippen LogP) is 21.9. The monoisotopic (exact) mass is 1210 g/mol. The van der Waals surface area contributed by atoms with Crippen LogP contribution in [0.2, 0.25) is 0 Å². The third-order valence-corrected chi connectivity index (χ3v) is 25.7. The van der Waals surface area contributed by atoms with E-state index >= 15 is 0 Å². The summed E-state index contributed by atoms with van der Waals surface area (Å²) in [5.74, 6) is 3.79. The zero-order chi connectivity index (χ0) is 60.8. The fraction of sp³-hybridized carbons (Fsp3) is 0.379. The number of para-hydroxylation sites is 6. The minimum atomic E-state index is -0.0191. The molecule has 0 radical (unpaired) electrons. The van der Waals surface area contributed by atoms with Gasteiger partial charge in [0.1, 0.15) is 0 Å². The number of hydrogen-bond donors (Lipinski definition) is 0. The summed E-state index contributed by atoms with van der Waals surface area (Å²) in [7, 11) is 0. The van der Waals surface area contributed by atoms with Gasteiger partial charge in [0.25, 0.3) is 6.71 Å². The summed E-state index contributed by atoms with van der Waals surface area (Å²) in [6, 6.07) is 75.2. The van der Waals surface area contributed by atoms with Crippen LogP contribution in [0.15, 0.2) is 182 Å². The molecule has 4 aliphatic heterocycles. The van der Waals surface area contributed by atoms with Crippen molar-refractivity contribution in [1.82, 2.24) is 9.13 Å². The first-order valence-electron chi connectivity index (χ1n) is 37.2. The molecule has 21 rings (SSSR count). The van der Waals surface area contributed by atoms with E-state index in [2.05, 4.69) is 206 Å². The minimum Gasteiger partial charge on any atom is -0.365 e. The molecule has 93 heavy (non-hydrogen) atoms. The molecular weight excluding hydrogens is 1130 g/mol. The van der Waals surface area contributed by atoms with Crippen molar-refractivity contribution in [2.75, 3.05) is 14.7 Å². The van der Waals surface area contributed by atoms with Crippen molar-refractivity contribution in [2.24, 2.45) is 11.8 Å². The van der Waals surface area contributed by atoms with Crippen molar-refractivity contribution in [1.29, 1.82) is 0 Å². The molecular formula is C87H88BN5. The number of hydrogen-bond acceptors (Lipinski definition) is 3. The van der Waals surface area contributed by atoms with Gasteiger partial charge in [0, 0.05) is 67.8 Å². The van der Waals surface area contributed by atoms with Crippen molar-refractivity contribution in [2.45, 2.75) is 196 Å². The largest absolute Gasteiger partial charge is 0.365 e. The Morgan fingerprint density at radius 1 is 0.290 bits per heavy atom. The highest BCUT2D eigenvalue weighted by Gasteiger charge is 2.50. The average Bonchev–Trinajstić information content (AvgIpc) is 0.862. The lowest BCUT2D eigenvalue weighted by Gasteiger charge is -2.57. The van der Waals surface area contributed by atoms with Gasteiger partial charge in [-0.1, -0.05) is 198 Å². The Bertz CT molecular complexity index is 4540. The third-order valence-electron chi connectivity index (χ3n) is 25.7. The van der Waals surface area contributed by atoms with E-state index in [-0.39, 0.29) is 6.71 Å². The maximum absolute atomic E-state index is 3.02. The maximum Gasteiger partial charge on any atom is 0.252 e. The van der Waals surface area contributed by atoms with E-state index in [4.69, 9.17) is 0 Å². The van der Waals surface area contributed by atoms with Gasteiger partial charge in [-0.2, -0.15) is 0 Å². The molecule has 10 aliphatic rings. The molecule has 9 aromatic carbocycles. The predicted molar refractivity (Wildman–Crippen MR) is 393 cm³/mol. The molecule has 0 unspecified atom stereocenters. The first kappa shape index (κ1) is 55.5. The zero-order valence-corrected chi connectivity index (χ0v) is 54.4. The molecule has 0 amide bonds. The topological polar surface area (TPSA) is 19.6 Å². The second kappa shape index (κ2) is 22.3. The van der Waals surface area contributed by atoms with Gasteiger partial charge in [-0.05, 0) is 218 Å². The summed E-state index contributed by atoms with van der Waals surface area (Å²) < 4.78 is 5.29. The Balaban J connectivity index is 0.941. The van der Waals surface area contributed by atoms with Crippen LogP contribution in [0.25, 0.3) is 55.0 Å². The number of nitrogens with zero attached hydrogens (tertiary/aromatic N) is 5. The number of anilines is 7. The van der Waals surface area contributed by atoms with E-state index in [9.17, 15) is 0 Å². The molecule has 8 fully saturated rings. The van der Waals surface area contributed by atoms with Gasteiger partial charge >= 0.3 is 0 Å². The number of piperidine rings is 2. The molecule has 6 heterocycles. The lowest BCUT2D eigenvalue weighted by atomic mass is 9.33. The third kappa shape index (κ3) is 8.77. The molecule has 6 heteroatoms. The summed E-state index contributed by atoms with van der Waals surface area (Å²) >= 11 is 0. The molecule has 5 nitrogen and oxygen atoms in total. The SMILES string of the molecule is c1cc(C2CCCCC2)c(N2c3cc(N4C5CC6CC(C5)CC4C6)ccc3B3c4ccc(-n5c6ccccc6c6ccccc65)cc4N(c4c(C5CCCCC5)cccc4C4CCCCC4)c4cc(-n5c6ccccc6c6ccccc65)cc2c43)c(C2CCCCC2)c1. The van der Waals surface area contributed by atoms with Crippen molar-refractivity contribution in [3.05, 3.63) is 204 Å².